The van der Waals surface area contributed by atoms with Gasteiger partial charge in [0.25, 0.3) is 0 Å². The Balaban J connectivity index is 2.39. The molecule has 0 fully saturated rings. The van der Waals surface area contributed by atoms with Gasteiger partial charge in [0.05, 0.1) is 0 Å². The van der Waals surface area contributed by atoms with Gasteiger partial charge in [0.1, 0.15) is 0 Å². The summed E-state index contributed by atoms with van der Waals surface area (Å²) in [7, 11) is 0. The maximum atomic E-state index is 5.65. The molecule has 0 saturated carbocycles. The van der Waals surface area contributed by atoms with Crippen molar-refractivity contribution in [2.75, 3.05) is 13.1 Å². The van der Waals surface area contributed by atoms with Crippen LogP contribution >= 0.6 is 0 Å². The van der Waals surface area contributed by atoms with Gasteiger partial charge in [-0.2, -0.15) is 0 Å². The fourth-order valence-electron chi connectivity index (χ4n) is 1.96. The van der Waals surface area contributed by atoms with E-state index < -0.39 is 0 Å². The molecule has 1 rings (SSSR count). The Hall–Kier alpha value is -0.860. The third-order valence-electron chi connectivity index (χ3n) is 3.35. The highest BCUT2D eigenvalue weighted by atomic mass is 14.6. The first kappa shape index (κ1) is 14.2. The van der Waals surface area contributed by atoms with Crippen LogP contribution in [-0.4, -0.2) is 13.1 Å². The van der Waals surface area contributed by atoms with Crippen molar-refractivity contribution in [3.05, 3.63) is 35.4 Å². The van der Waals surface area contributed by atoms with Crippen LogP contribution in [0, 0.1) is 5.92 Å². The van der Waals surface area contributed by atoms with E-state index in [2.05, 4.69) is 31.2 Å². The molecule has 0 radical (unpaired) electrons. The molecule has 0 heterocycles. The van der Waals surface area contributed by atoms with E-state index in [1.54, 1.807) is 0 Å². The summed E-state index contributed by atoms with van der Waals surface area (Å²) in [6, 6.07) is 9.00. The second kappa shape index (κ2) is 8.26. The van der Waals surface area contributed by atoms with E-state index in [0.717, 1.165) is 12.8 Å². The monoisotopic (exact) mass is 234 g/mol. The second-order valence-corrected chi connectivity index (χ2v) is 4.80. The van der Waals surface area contributed by atoms with Gasteiger partial charge in [-0.3, -0.25) is 0 Å². The molecule has 0 aliphatic heterocycles. The molecule has 0 saturated heterocycles. The molecule has 2 nitrogen and oxygen atoms in total. The van der Waals surface area contributed by atoms with Crippen molar-refractivity contribution in [3.8, 4) is 0 Å². The minimum absolute atomic E-state index is 0.467. The zero-order valence-corrected chi connectivity index (χ0v) is 11.0. The van der Waals surface area contributed by atoms with Crippen molar-refractivity contribution < 1.29 is 0 Å². The molecule has 0 spiro atoms. The van der Waals surface area contributed by atoms with Crippen LogP contribution in [0.15, 0.2) is 24.3 Å². The van der Waals surface area contributed by atoms with Crippen molar-refractivity contribution >= 4 is 0 Å². The van der Waals surface area contributed by atoms with E-state index in [-0.39, 0.29) is 0 Å². The van der Waals surface area contributed by atoms with Gasteiger partial charge in [0.2, 0.25) is 0 Å². The highest BCUT2D eigenvalue weighted by molar-refractivity contribution is 5.22. The van der Waals surface area contributed by atoms with E-state index in [1.807, 2.05) is 0 Å². The van der Waals surface area contributed by atoms with Crippen LogP contribution in [0.2, 0.25) is 0 Å². The Morgan fingerprint density at radius 3 is 1.94 bits per heavy atom. The zero-order valence-electron chi connectivity index (χ0n) is 11.0. The molecular formula is C15H26N2. The molecule has 0 aliphatic rings. The maximum absolute atomic E-state index is 5.65. The van der Waals surface area contributed by atoms with Crippen LogP contribution in [0.25, 0.3) is 0 Å². The summed E-state index contributed by atoms with van der Waals surface area (Å²) < 4.78 is 0. The van der Waals surface area contributed by atoms with Gasteiger partial charge in [-0.05, 0) is 55.8 Å². The van der Waals surface area contributed by atoms with Crippen molar-refractivity contribution in [3.63, 3.8) is 0 Å². The molecule has 1 aromatic carbocycles. The molecule has 0 bridgehead atoms. The SMILES string of the molecule is CCCCc1ccc(CCC(CN)CN)cc1. The molecule has 17 heavy (non-hydrogen) atoms. The largest absolute Gasteiger partial charge is 0.330 e. The topological polar surface area (TPSA) is 52.0 Å². The van der Waals surface area contributed by atoms with Gasteiger partial charge < -0.3 is 11.5 Å². The summed E-state index contributed by atoms with van der Waals surface area (Å²) in [4.78, 5) is 0. The Bertz CT molecular complexity index is 288. The number of rotatable bonds is 8. The molecule has 0 amide bonds. The normalized spacial score (nSPS) is 11.1. The van der Waals surface area contributed by atoms with Gasteiger partial charge in [0.15, 0.2) is 0 Å². The van der Waals surface area contributed by atoms with Gasteiger partial charge in [-0.1, -0.05) is 37.6 Å². The Morgan fingerprint density at radius 1 is 0.941 bits per heavy atom. The second-order valence-electron chi connectivity index (χ2n) is 4.80. The summed E-state index contributed by atoms with van der Waals surface area (Å²) in [5.41, 5.74) is 14.1. The van der Waals surface area contributed by atoms with Crippen LogP contribution in [0.5, 0.6) is 0 Å². The first-order valence-electron chi connectivity index (χ1n) is 6.78. The molecule has 0 aliphatic carbocycles. The van der Waals surface area contributed by atoms with Crippen LogP contribution in [-0.2, 0) is 12.8 Å². The van der Waals surface area contributed by atoms with Crippen LogP contribution < -0.4 is 11.5 Å². The number of aryl methyl sites for hydroxylation is 2. The Labute approximate surface area is 105 Å². The fourth-order valence-corrected chi connectivity index (χ4v) is 1.96. The van der Waals surface area contributed by atoms with Gasteiger partial charge in [0, 0.05) is 0 Å². The summed E-state index contributed by atoms with van der Waals surface area (Å²) >= 11 is 0. The van der Waals surface area contributed by atoms with Crippen molar-refractivity contribution in [2.45, 2.75) is 39.0 Å². The average Bonchev–Trinajstić information content (AvgIpc) is 2.39. The third-order valence-corrected chi connectivity index (χ3v) is 3.35. The summed E-state index contributed by atoms with van der Waals surface area (Å²) in [5, 5.41) is 0. The van der Waals surface area contributed by atoms with E-state index in [9.17, 15) is 0 Å². The van der Waals surface area contributed by atoms with Crippen LogP contribution in [0.1, 0.15) is 37.3 Å². The lowest BCUT2D eigenvalue weighted by Gasteiger charge is -2.11. The molecular weight excluding hydrogens is 208 g/mol. The summed E-state index contributed by atoms with van der Waals surface area (Å²) in [5.74, 6) is 0.467. The number of unbranched alkanes of at least 4 members (excludes halogenated alkanes) is 1. The smallest absolute Gasteiger partial charge is 0.00367 e. The highest BCUT2D eigenvalue weighted by Crippen LogP contribution is 2.11. The molecule has 2 heteroatoms. The predicted octanol–water partition coefficient (Wildman–Crippen LogP) is 2.50. The van der Waals surface area contributed by atoms with Crippen molar-refractivity contribution in [1.82, 2.24) is 0 Å². The lowest BCUT2D eigenvalue weighted by molar-refractivity contribution is 0.508. The van der Waals surface area contributed by atoms with Crippen molar-refractivity contribution in [1.29, 1.82) is 0 Å². The van der Waals surface area contributed by atoms with Crippen LogP contribution in [0.4, 0.5) is 0 Å². The number of benzene rings is 1. The highest BCUT2D eigenvalue weighted by Gasteiger charge is 2.04. The van der Waals surface area contributed by atoms with E-state index in [0.29, 0.717) is 19.0 Å². The van der Waals surface area contributed by atoms with E-state index in [1.165, 1.54) is 30.4 Å². The lowest BCUT2D eigenvalue weighted by atomic mass is 9.98. The van der Waals surface area contributed by atoms with Crippen molar-refractivity contribution in [2.24, 2.45) is 17.4 Å². The summed E-state index contributed by atoms with van der Waals surface area (Å²) in [6.07, 6.45) is 5.93. The van der Waals surface area contributed by atoms with Gasteiger partial charge in [-0.25, -0.2) is 0 Å². The first-order chi connectivity index (χ1) is 8.30. The fraction of sp³-hybridized carbons (Fsp3) is 0.600. The molecule has 4 N–H and O–H groups in total. The number of hydrogen-bond acceptors (Lipinski definition) is 2. The van der Waals surface area contributed by atoms with E-state index in [4.69, 9.17) is 11.5 Å². The Morgan fingerprint density at radius 2 is 1.47 bits per heavy atom. The van der Waals surface area contributed by atoms with Crippen LogP contribution in [0.3, 0.4) is 0 Å². The molecule has 0 atom stereocenters. The Kier molecular flexibility index (Phi) is 6.90. The zero-order chi connectivity index (χ0) is 12.5. The predicted molar refractivity (Wildman–Crippen MR) is 75.0 cm³/mol. The molecule has 1 aromatic rings. The molecule has 0 aromatic heterocycles. The lowest BCUT2D eigenvalue weighted by Crippen LogP contribution is -2.23. The first-order valence-corrected chi connectivity index (χ1v) is 6.78. The minimum atomic E-state index is 0.467. The standard InChI is InChI=1S/C15H26N2/c1-2-3-4-13-5-7-14(8-6-13)9-10-15(11-16)12-17/h5-8,15H,2-4,9-12,16-17H2,1H3. The quantitative estimate of drug-likeness (QED) is 0.726. The summed E-state index contributed by atoms with van der Waals surface area (Å²) in [6.45, 7) is 3.63. The van der Waals surface area contributed by atoms with Gasteiger partial charge >= 0.3 is 0 Å². The maximum Gasteiger partial charge on any atom is -0.00367 e. The average molecular weight is 234 g/mol. The minimum Gasteiger partial charge on any atom is -0.330 e. The third kappa shape index (κ3) is 5.33. The van der Waals surface area contributed by atoms with Gasteiger partial charge in [-0.15, -0.1) is 0 Å². The molecule has 0 unspecified atom stereocenters. The molecule has 96 valence electrons. The number of nitrogens with two attached hydrogens (primary N) is 2. The number of hydrogen-bond donors (Lipinski definition) is 2. The van der Waals surface area contributed by atoms with E-state index >= 15 is 0 Å².